The zero-order chi connectivity index (χ0) is 28.2. The number of aliphatic carboxylic acids is 1. The molecule has 1 unspecified atom stereocenters. The lowest BCUT2D eigenvalue weighted by atomic mass is 9.74. The van der Waals surface area contributed by atoms with E-state index in [9.17, 15) is 9.90 Å². The third-order valence-electron chi connectivity index (χ3n) is 8.01. The lowest BCUT2D eigenvalue weighted by molar-refractivity contribution is -0.137. The zero-order valence-electron chi connectivity index (χ0n) is 23.5. The Hall–Kier alpha value is -3.38. The second kappa shape index (κ2) is 12.2. The summed E-state index contributed by atoms with van der Waals surface area (Å²) < 4.78 is 32.1. The van der Waals surface area contributed by atoms with Crippen molar-refractivity contribution in [1.29, 1.82) is 0 Å². The third-order valence-corrected chi connectivity index (χ3v) is 8.01. The quantitative estimate of drug-likeness (QED) is 0.242. The van der Waals surface area contributed by atoms with Gasteiger partial charge in [-0.05, 0) is 88.6 Å². The molecule has 0 bridgehead atoms. The number of benzene rings is 3. The van der Waals surface area contributed by atoms with E-state index >= 15 is 4.39 Å². The van der Waals surface area contributed by atoms with Crippen LogP contribution in [0.4, 0.5) is 4.39 Å². The highest BCUT2D eigenvalue weighted by atomic mass is 19.1. The molecule has 0 saturated heterocycles. The first-order valence-electron chi connectivity index (χ1n) is 13.5. The van der Waals surface area contributed by atoms with Gasteiger partial charge >= 0.3 is 5.97 Å². The molecule has 39 heavy (non-hydrogen) atoms. The van der Waals surface area contributed by atoms with E-state index in [1.807, 2.05) is 36.4 Å². The van der Waals surface area contributed by atoms with Crippen molar-refractivity contribution >= 4 is 5.97 Å². The summed E-state index contributed by atoms with van der Waals surface area (Å²) in [6, 6.07) is 18.6. The number of carbonyl (C=O) groups is 1. The molecule has 1 aliphatic rings. The van der Waals surface area contributed by atoms with E-state index in [2.05, 4.69) is 26.8 Å². The summed E-state index contributed by atoms with van der Waals surface area (Å²) in [4.78, 5) is 11.4. The van der Waals surface area contributed by atoms with Crippen LogP contribution in [0, 0.1) is 17.2 Å². The van der Waals surface area contributed by atoms with Crippen molar-refractivity contribution in [2.75, 3.05) is 20.8 Å². The molecule has 2 atom stereocenters. The number of halogens is 1. The summed E-state index contributed by atoms with van der Waals surface area (Å²) in [5, 5.41) is 9.39. The summed E-state index contributed by atoms with van der Waals surface area (Å²) in [7, 11) is 3.27. The Morgan fingerprint density at radius 2 is 1.79 bits per heavy atom. The van der Waals surface area contributed by atoms with Crippen LogP contribution in [0.1, 0.15) is 68.6 Å². The SMILES string of the molecule is COCC(C)(C)C(C)c1cc(COc2cccc([C@H](CC(=O)O)C3CC3)c2)ccc1-c1cc(OC)ccc1F. The van der Waals surface area contributed by atoms with E-state index in [4.69, 9.17) is 14.2 Å². The van der Waals surface area contributed by atoms with Gasteiger partial charge in [0.15, 0.2) is 0 Å². The standard InChI is InChI=1S/C33H39FO5/c1-21(33(2,3)20-37-4)28-15-22(9-13-27(28)30-17-25(38-5)12-14-31(30)34)19-39-26-8-6-7-24(16-26)29(18-32(35)36)23-10-11-23/h6-9,12-17,21,23,29H,10-11,18-20H2,1-5H3,(H,35,36)/t21?,29-/m1/s1. The maximum atomic E-state index is 15.1. The predicted molar refractivity (Wildman–Crippen MR) is 151 cm³/mol. The van der Waals surface area contributed by atoms with E-state index in [1.165, 1.54) is 6.07 Å². The van der Waals surface area contributed by atoms with E-state index in [-0.39, 0.29) is 29.5 Å². The minimum atomic E-state index is -0.774. The molecule has 1 aliphatic carbocycles. The molecule has 0 aromatic heterocycles. The third kappa shape index (κ3) is 6.99. The van der Waals surface area contributed by atoms with Crippen molar-refractivity contribution in [2.24, 2.45) is 11.3 Å². The molecule has 1 saturated carbocycles. The van der Waals surface area contributed by atoms with Gasteiger partial charge in [-0.25, -0.2) is 4.39 Å². The van der Waals surface area contributed by atoms with Crippen molar-refractivity contribution in [3.8, 4) is 22.6 Å². The molecule has 0 amide bonds. The van der Waals surface area contributed by atoms with Crippen LogP contribution in [-0.4, -0.2) is 31.9 Å². The fraction of sp³-hybridized carbons (Fsp3) is 0.424. The van der Waals surface area contributed by atoms with Crippen molar-refractivity contribution in [3.63, 3.8) is 0 Å². The molecule has 6 heteroatoms. The van der Waals surface area contributed by atoms with E-state index in [0.29, 0.717) is 36.2 Å². The Morgan fingerprint density at radius 3 is 2.46 bits per heavy atom. The molecule has 1 N–H and O–H groups in total. The summed E-state index contributed by atoms with van der Waals surface area (Å²) in [5.41, 5.74) is 4.09. The Kier molecular flexibility index (Phi) is 8.96. The maximum Gasteiger partial charge on any atom is 0.303 e. The molecule has 3 aromatic carbocycles. The highest BCUT2D eigenvalue weighted by Crippen LogP contribution is 2.45. The van der Waals surface area contributed by atoms with Crippen LogP contribution in [0.25, 0.3) is 11.1 Å². The topological polar surface area (TPSA) is 65.0 Å². The molecule has 5 nitrogen and oxygen atoms in total. The number of hydrogen-bond donors (Lipinski definition) is 1. The highest BCUT2D eigenvalue weighted by molar-refractivity contribution is 5.71. The largest absolute Gasteiger partial charge is 0.497 e. The Bertz CT molecular complexity index is 1300. The Labute approximate surface area is 230 Å². The van der Waals surface area contributed by atoms with Gasteiger partial charge in [-0.15, -0.1) is 0 Å². The molecule has 0 aliphatic heterocycles. The molecular formula is C33H39FO5. The smallest absolute Gasteiger partial charge is 0.303 e. The van der Waals surface area contributed by atoms with Crippen molar-refractivity contribution in [2.45, 2.75) is 58.5 Å². The molecular weight excluding hydrogens is 495 g/mol. The lowest BCUT2D eigenvalue weighted by Crippen LogP contribution is -2.26. The van der Waals surface area contributed by atoms with Crippen molar-refractivity contribution in [3.05, 3.63) is 83.2 Å². The van der Waals surface area contributed by atoms with Gasteiger partial charge in [0.25, 0.3) is 0 Å². The van der Waals surface area contributed by atoms with E-state index in [0.717, 1.165) is 35.1 Å². The Balaban J connectivity index is 1.63. The molecule has 4 rings (SSSR count). The summed E-state index contributed by atoms with van der Waals surface area (Å²) in [6.07, 6.45) is 2.28. The monoisotopic (exact) mass is 534 g/mol. The van der Waals surface area contributed by atoms with E-state index < -0.39 is 5.97 Å². The van der Waals surface area contributed by atoms with Crippen LogP contribution in [0.3, 0.4) is 0 Å². The Morgan fingerprint density at radius 1 is 1.03 bits per heavy atom. The predicted octanol–water partition coefficient (Wildman–Crippen LogP) is 7.82. The first-order chi connectivity index (χ1) is 18.6. The van der Waals surface area contributed by atoms with Gasteiger partial charge in [0.05, 0.1) is 20.1 Å². The van der Waals surface area contributed by atoms with Gasteiger partial charge in [0, 0.05) is 12.7 Å². The molecule has 0 heterocycles. The van der Waals surface area contributed by atoms with Gasteiger partial charge in [-0.2, -0.15) is 0 Å². The average Bonchev–Trinajstić information content (AvgIpc) is 3.76. The minimum absolute atomic E-state index is 0.0126. The van der Waals surface area contributed by atoms with Crippen LogP contribution in [0.5, 0.6) is 11.5 Å². The molecule has 208 valence electrons. The van der Waals surface area contributed by atoms with Gasteiger partial charge < -0.3 is 19.3 Å². The van der Waals surface area contributed by atoms with Crippen LogP contribution in [0.2, 0.25) is 0 Å². The lowest BCUT2D eigenvalue weighted by Gasteiger charge is -2.33. The second-order valence-corrected chi connectivity index (χ2v) is 11.3. The van der Waals surface area contributed by atoms with Gasteiger partial charge in [-0.3, -0.25) is 4.79 Å². The fourth-order valence-electron chi connectivity index (χ4n) is 5.31. The average molecular weight is 535 g/mol. The fourth-order valence-corrected chi connectivity index (χ4v) is 5.31. The maximum absolute atomic E-state index is 15.1. The van der Waals surface area contributed by atoms with Gasteiger partial charge in [0.1, 0.15) is 23.9 Å². The van der Waals surface area contributed by atoms with E-state index in [1.54, 1.807) is 26.4 Å². The van der Waals surface area contributed by atoms with Crippen molar-refractivity contribution < 1.29 is 28.5 Å². The number of rotatable bonds is 13. The first kappa shape index (κ1) is 28.6. The minimum Gasteiger partial charge on any atom is -0.497 e. The molecule has 0 spiro atoms. The summed E-state index contributed by atoms with van der Waals surface area (Å²) in [6.45, 7) is 7.33. The molecule has 3 aromatic rings. The van der Waals surface area contributed by atoms with Gasteiger partial charge in [-0.1, -0.05) is 51.1 Å². The summed E-state index contributed by atoms with van der Waals surface area (Å²) in [5.74, 6) is 0.724. The highest BCUT2D eigenvalue weighted by Gasteiger charge is 2.34. The van der Waals surface area contributed by atoms with Crippen LogP contribution in [0.15, 0.2) is 60.7 Å². The number of hydrogen-bond acceptors (Lipinski definition) is 4. The first-order valence-corrected chi connectivity index (χ1v) is 13.5. The van der Waals surface area contributed by atoms with Crippen LogP contribution >= 0.6 is 0 Å². The number of ether oxygens (including phenoxy) is 3. The van der Waals surface area contributed by atoms with Crippen LogP contribution < -0.4 is 9.47 Å². The normalized spacial score (nSPS) is 15.0. The van der Waals surface area contributed by atoms with Gasteiger partial charge in [0.2, 0.25) is 0 Å². The van der Waals surface area contributed by atoms with Crippen molar-refractivity contribution in [1.82, 2.24) is 0 Å². The molecule has 0 radical (unpaired) electrons. The number of carboxylic acids is 1. The second-order valence-electron chi connectivity index (χ2n) is 11.3. The summed E-state index contributed by atoms with van der Waals surface area (Å²) >= 11 is 0. The number of carboxylic acid groups (broad SMARTS) is 1. The zero-order valence-corrected chi connectivity index (χ0v) is 23.5. The number of methoxy groups -OCH3 is 2. The van der Waals surface area contributed by atoms with Crippen LogP contribution in [-0.2, 0) is 16.1 Å². The molecule has 1 fully saturated rings.